The average molecular weight is 428 g/mol. The summed E-state index contributed by atoms with van der Waals surface area (Å²) in [5.41, 5.74) is 3.74. The predicted molar refractivity (Wildman–Crippen MR) is 121 cm³/mol. The maximum atomic E-state index is 13.2. The normalized spacial score (nSPS) is 24.7. The maximum Gasteiger partial charge on any atom is 0.306 e. The second-order valence-electron chi connectivity index (χ2n) is 10.0. The molecule has 2 aliphatic rings. The molecule has 0 spiro atoms. The summed E-state index contributed by atoms with van der Waals surface area (Å²) in [6, 6.07) is 4.10. The second-order valence-corrected chi connectivity index (χ2v) is 10.0. The van der Waals surface area contributed by atoms with Gasteiger partial charge in [0.15, 0.2) is 0 Å². The molecule has 6 nitrogen and oxygen atoms in total. The van der Waals surface area contributed by atoms with Gasteiger partial charge >= 0.3 is 5.97 Å². The predicted octanol–water partition coefficient (Wildman–Crippen LogP) is 4.07. The highest BCUT2D eigenvalue weighted by atomic mass is 16.5. The first-order chi connectivity index (χ1) is 14.5. The number of cyclic esters (lactones) is 1. The van der Waals surface area contributed by atoms with Crippen molar-refractivity contribution in [1.29, 1.82) is 0 Å². The minimum absolute atomic E-state index is 0.0311. The number of carbonyl (C=O) groups excluding carboxylic acids is 2. The number of hydrogen-bond acceptors (Lipinski definition) is 5. The van der Waals surface area contributed by atoms with Crippen LogP contribution >= 0.6 is 0 Å². The molecule has 6 heteroatoms. The zero-order valence-corrected chi connectivity index (χ0v) is 19.9. The van der Waals surface area contributed by atoms with Crippen LogP contribution in [-0.4, -0.2) is 46.9 Å². The van der Waals surface area contributed by atoms with Crippen molar-refractivity contribution in [2.75, 3.05) is 14.1 Å². The number of amides is 1. The van der Waals surface area contributed by atoms with E-state index in [4.69, 9.17) is 9.72 Å². The Morgan fingerprint density at radius 2 is 1.77 bits per heavy atom. The number of hydrogen-bond donors (Lipinski definition) is 0. The van der Waals surface area contributed by atoms with Crippen molar-refractivity contribution in [3.05, 3.63) is 41.4 Å². The van der Waals surface area contributed by atoms with Crippen LogP contribution < -0.4 is 0 Å². The summed E-state index contributed by atoms with van der Waals surface area (Å²) >= 11 is 0. The Labute approximate surface area is 186 Å². The number of carbonyl (C=O) groups is 2. The van der Waals surface area contributed by atoms with E-state index in [1.807, 2.05) is 36.9 Å². The fraction of sp³-hybridized carbons (Fsp3) is 0.640. The Hall–Kier alpha value is -2.37. The number of esters is 1. The topological polar surface area (TPSA) is 62.7 Å². The Balaban J connectivity index is 1.66. The molecular formula is C25H37N3O3. The van der Waals surface area contributed by atoms with Gasteiger partial charge in [0.25, 0.3) is 0 Å². The quantitative estimate of drug-likeness (QED) is 0.614. The zero-order valence-electron chi connectivity index (χ0n) is 19.9. The van der Waals surface area contributed by atoms with Gasteiger partial charge in [-0.05, 0) is 48.8 Å². The molecule has 1 aliphatic carbocycles. The molecule has 3 unspecified atom stereocenters. The molecule has 1 amide bonds. The fourth-order valence-corrected chi connectivity index (χ4v) is 4.86. The molecule has 1 aromatic heterocycles. The van der Waals surface area contributed by atoms with Crippen LogP contribution in [0, 0.1) is 24.2 Å². The minimum atomic E-state index is -0.248. The molecule has 2 fully saturated rings. The van der Waals surface area contributed by atoms with Crippen molar-refractivity contribution in [2.24, 2.45) is 17.3 Å². The van der Waals surface area contributed by atoms with Crippen LogP contribution in [0.2, 0.25) is 0 Å². The molecule has 1 aromatic rings. The summed E-state index contributed by atoms with van der Waals surface area (Å²) in [5, 5.41) is 0. The number of ether oxygens (including phenoxy) is 1. The summed E-state index contributed by atoms with van der Waals surface area (Å²) in [6.45, 7) is 13.9. The molecule has 3 atom stereocenters. The molecule has 2 heterocycles. The molecular weight excluding hydrogens is 390 g/mol. The number of rotatable bonds is 7. The van der Waals surface area contributed by atoms with Gasteiger partial charge < -0.3 is 14.5 Å². The molecule has 0 radical (unpaired) electrons. The van der Waals surface area contributed by atoms with Crippen LogP contribution in [0.25, 0.3) is 0 Å². The summed E-state index contributed by atoms with van der Waals surface area (Å²) in [5.74, 6) is 0.678. The summed E-state index contributed by atoms with van der Waals surface area (Å²) in [7, 11) is 3.82. The van der Waals surface area contributed by atoms with Gasteiger partial charge in [-0.3, -0.25) is 14.6 Å². The molecule has 1 saturated heterocycles. The van der Waals surface area contributed by atoms with E-state index in [1.54, 1.807) is 0 Å². The summed E-state index contributed by atoms with van der Waals surface area (Å²) in [4.78, 5) is 33.2. The van der Waals surface area contributed by atoms with E-state index < -0.39 is 0 Å². The highest BCUT2D eigenvalue weighted by Gasteiger charge is 2.45. The van der Waals surface area contributed by atoms with Gasteiger partial charge in [-0.25, -0.2) is 0 Å². The van der Waals surface area contributed by atoms with Gasteiger partial charge in [-0.1, -0.05) is 27.4 Å². The number of likely N-dealkylation sites (N-methyl/N-ethyl adjacent to an activating group) is 1. The van der Waals surface area contributed by atoms with E-state index >= 15 is 0 Å². The van der Waals surface area contributed by atoms with Crippen LogP contribution in [0.1, 0.15) is 63.4 Å². The Morgan fingerprint density at radius 1 is 1.16 bits per heavy atom. The van der Waals surface area contributed by atoms with Gasteiger partial charge in [-0.2, -0.15) is 0 Å². The van der Waals surface area contributed by atoms with Crippen LogP contribution in [0.5, 0.6) is 0 Å². The van der Waals surface area contributed by atoms with Crippen LogP contribution in [0.4, 0.5) is 0 Å². The lowest BCUT2D eigenvalue weighted by molar-refractivity contribution is -0.141. The van der Waals surface area contributed by atoms with Crippen molar-refractivity contribution in [3.63, 3.8) is 0 Å². The lowest BCUT2D eigenvalue weighted by Gasteiger charge is -2.33. The molecule has 1 aliphatic heterocycles. The maximum absolute atomic E-state index is 13.2. The van der Waals surface area contributed by atoms with E-state index in [0.29, 0.717) is 31.8 Å². The van der Waals surface area contributed by atoms with Crippen LogP contribution in [0.15, 0.2) is 24.4 Å². The van der Waals surface area contributed by atoms with Gasteiger partial charge in [0, 0.05) is 38.6 Å². The third-order valence-electron chi connectivity index (χ3n) is 7.35. The van der Waals surface area contributed by atoms with E-state index in [0.717, 1.165) is 35.5 Å². The lowest BCUT2D eigenvalue weighted by atomic mass is 9.76. The standard InChI is InChI=1S/C25H37N3O3/c1-16-12-19(14-27(6)18(3)22-10-11-23(29)31-22)26-20(13-16)15-28(7)24(30)21-9-8-17(2)25(21,4)5/h12-13,17,21-22H,3,8-11,14-15H2,1-2,4-7H3. The van der Waals surface area contributed by atoms with E-state index in [-0.39, 0.29) is 29.3 Å². The summed E-state index contributed by atoms with van der Waals surface area (Å²) in [6.07, 6.45) is 2.94. The Kier molecular flexibility index (Phi) is 6.77. The van der Waals surface area contributed by atoms with Gasteiger partial charge in [0.1, 0.15) is 6.10 Å². The fourth-order valence-electron chi connectivity index (χ4n) is 4.86. The third-order valence-corrected chi connectivity index (χ3v) is 7.35. The van der Waals surface area contributed by atoms with Crippen molar-refractivity contribution in [3.8, 4) is 0 Å². The molecule has 0 N–H and O–H groups in total. The van der Waals surface area contributed by atoms with Crippen molar-refractivity contribution in [1.82, 2.24) is 14.8 Å². The molecule has 0 aromatic carbocycles. The smallest absolute Gasteiger partial charge is 0.306 e. The van der Waals surface area contributed by atoms with Gasteiger partial charge in [0.05, 0.1) is 24.5 Å². The molecule has 31 heavy (non-hydrogen) atoms. The monoisotopic (exact) mass is 427 g/mol. The van der Waals surface area contributed by atoms with E-state index in [2.05, 4.69) is 33.4 Å². The number of aryl methyl sites for hydroxylation is 1. The second kappa shape index (κ2) is 9.01. The number of nitrogens with zero attached hydrogens (tertiary/aromatic N) is 3. The third kappa shape index (κ3) is 5.10. The highest BCUT2D eigenvalue weighted by Crippen LogP contribution is 2.47. The summed E-state index contributed by atoms with van der Waals surface area (Å²) < 4.78 is 5.34. The molecule has 1 saturated carbocycles. The Bertz CT molecular complexity index is 864. The minimum Gasteiger partial charge on any atom is -0.456 e. The van der Waals surface area contributed by atoms with Gasteiger partial charge in [0.2, 0.25) is 5.91 Å². The number of aromatic nitrogens is 1. The molecule has 0 bridgehead atoms. The number of pyridine rings is 1. The zero-order chi connectivity index (χ0) is 22.9. The van der Waals surface area contributed by atoms with Gasteiger partial charge in [-0.15, -0.1) is 0 Å². The first-order valence-corrected chi connectivity index (χ1v) is 11.3. The van der Waals surface area contributed by atoms with Crippen molar-refractivity contribution >= 4 is 11.9 Å². The molecule has 170 valence electrons. The highest BCUT2D eigenvalue weighted by molar-refractivity contribution is 5.79. The van der Waals surface area contributed by atoms with E-state index in [9.17, 15) is 9.59 Å². The lowest BCUT2D eigenvalue weighted by Crippen LogP contribution is -2.39. The average Bonchev–Trinajstić information content (AvgIpc) is 3.23. The SMILES string of the molecule is C=C(C1CCC(=O)O1)N(C)Cc1cc(C)cc(CN(C)C(=O)C2CCC(C)C2(C)C)n1. The van der Waals surface area contributed by atoms with Crippen LogP contribution in [0.3, 0.4) is 0 Å². The van der Waals surface area contributed by atoms with Crippen LogP contribution in [-0.2, 0) is 27.4 Å². The van der Waals surface area contributed by atoms with Crippen molar-refractivity contribution < 1.29 is 14.3 Å². The van der Waals surface area contributed by atoms with Crippen molar-refractivity contribution in [2.45, 2.75) is 72.6 Å². The Morgan fingerprint density at radius 3 is 2.29 bits per heavy atom. The largest absolute Gasteiger partial charge is 0.456 e. The first-order valence-electron chi connectivity index (χ1n) is 11.3. The first kappa shape index (κ1) is 23.3. The van der Waals surface area contributed by atoms with E-state index in [1.165, 1.54) is 0 Å². The molecule has 3 rings (SSSR count).